The van der Waals surface area contributed by atoms with Gasteiger partial charge in [-0.1, -0.05) is 26.0 Å². The van der Waals surface area contributed by atoms with Gasteiger partial charge < -0.3 is 5.32 Å². The van der Waals surface area contributed by atoms with Gasteiger partial charge in [0.1, 0.15) is 5.01 Å². The Kier molecular flexibility index (Phi) is 5.00. The lowest BCUT2D eigenvalue weighted by molar-refractivity contribution is -0.137. The standard InChI is InChI=1S/C15H17F3N2S/c1-10(2)7-19-8-13-9-20-14(21-13)11-4-3-5-12(6-11)15(16,17)18/h3-6,9-10,19H,7-8H2,1-2H3. The summed E-state index contributed by atoms with van der Waals surface area (Å²) in [6.07, 6.45) is -2.61. The van der Waals surface area contributed by atoms with Crippen molar-refractivity contribution in [3.8, 4) is 10.6 Å². The van der Waals surface area contributed by atoms with E-state index in [1.165, 1.54) is 17.4 Å². The molecule has 1 N–H and O–H groups in total. The molecule has 0 aliphatic carbocycles. The minimum atomic E-state index is -4.32. The smallest absolute Gasteiger partial charge is 0.312 e. The highest BCUT2D eigenvalue weighted by atomic mass is 32.1. The summed E-state index contributed by atoms with van der Waals surface area (Å²) < 4.78 is 38.1. The van der Waals surface area contributed by atoms with Gasteiger partial charge in [0.05, 0.1) is 5.56 Å². The first kappa shape index (κ1) is 16.0. The fraction of sp³-hybridized carbons (Fsp3) is 0.400. The van der Waals surface area contributed by atoms with Gasteiger partial charge in [0.15, 0.2) is 0 Å². The van der Waals surface area contributed by atoms with Gasteiger partial charge in [0.25, 0.3) is 0 Å². The number of hydrogen-bond donors (Lipinski definition) is 1. The first-order chi connectivity index (χ1) is 9.86. The largest absolute Gasteiger partial charge is 0.416 e. The van der Waals surface area contributed by atoms with Crippen LogP contribution < -0.4 is 5.32 Å². The molecule has 1 aromatic carbocycles. The Morgan fingerprint density at radius 2 is 2.05 bits per heavy atom. The van der Waals surface area contributed by atoms with E-state index in [-0.39, 0.29) is 0 Å². The van der Waals surface area contributed by atoms with E-state index in [4.69, 9.17) is 0 Å². The molecule has 0 spiro atoms. The van der Waals surface area contributed by atoms with Crippen LogP contribution in [0.1, 0.15) is 24.3 Å². The molecule has 2 aromatic rings. The molecule has 1 aromatic heterocycles. The van der Waals surface area contributed by atoms with Gasteiger partial charge in [-0.3, -0.25) is 0 Å². The van der Waals surface area contributed by atoms with Crippen LogP contribution in [0.4, 0.5) is 13.2 Å². The van der Waals surface area contributed by atoms with Crippen molar-refractivity contribution in [2.24, 2.45) is 5.92 Å². The van der Waals surface area contributed by atoms with Gasteiger partial charge in [0.2, 0.25) is 0 Å². The van der Waals surface area contributed by atoms with E-state index in [0.29, 0.717) is 23.0 Å². The summed E-state index contributed by atoms with van der Waals surface area (Å²) in [5.74, 6) is 0.556. The number of halogens is 3. The Morgan fingerprint density at radius 3 is 2.71 bits per heavy atom. The number of aromatic nitrogens is 1. The second kappa shape index (κ2) is 6.58. The Balaban J connectivity index is 2.11. The second-order valence-electron chi connectivity index (χ2n) is 5.24. The zero-order valence-electron chi connectivity index (χ0n) is 11.9. The quantitative estimate of drug-likeness (QED) is 0.874. The maximum absolute atomic E-state index is 12.7. The van der Waals surface area contributed by atoms with Crippen LogP contribution in [0.3, 0.4) is 0 Å². The lowest BCUT2D eigenvalue weighted by atomic mass is 10.1. The Bertz CT molecular complexity index is 591. The fourth-order valence-electron chi connectivity index (χ4n) is 1.84. The predicted molar refractivity (Wildman–Crippen MR) is 79.1 cm³/mol. The Hall–Kier alpha value is -1.40. The molecule has 0 bridgehead atoms. The maximum atomic E-state index is 12.7. The fourth-order valence-corrected chi connectivity index (χ4v) is 2.71. The van der Waals surface area contributed by atoms with Crippen LogP contribution in [-0.2, 0) is 12.7 Å². The molecule has 114 valence electrons. The van der Waals surface area contributed by atoms with Crippen molar-refractivity contribution in [3.05, 3.63) is 40.9 Å². The predicted octanol–water partition coefficient (Wildman–Crippen LogP) is 4.57. The summed E-state index contributed by atoms with van der Waals surface area (Å²) in [7, 11) is 0. The van der Waals surface area contributed by atoms with Crippen molar-refractivity contribution in [2.45, 2.75) is 26.6 Å². The van der Waals surface area contributed by atoms with E-state index in [0.717, 1.165) is 23.6 Å². The third-order valence-corrected chi connectivity index (χ3v) is 3.89. The third kappa shape index (κ3) is 4.54. The van der Waals surface area contributed by atoms with Gasteiger partial charge in [-0.25, -0.2) is 4.98 Å². The number of hydrogen-bond acceptors (Lipinski definition) is 3. The molecule has 1 heterocycles. The molecule has 2 rings (SSSR count). The van der Waals surface area contributed by atoms with Crippen LogP contribution in [0, 0.1) is 5.92 Å². The van der Waals surface area contributed by atoms with Crippen molar-refractivity contribution in [3.63, 3.8) is 0 Å². The highest BCUT2D eigenvalue weighted by molar-refractivity contribution is 7.15. The maximum Gasteiger partial charge on any atom is 0.416 e. The van der Waals surface area contributed by atoms with E-state index >= 15 is 0 Å². The highest BCUT2D eigenvalue weighted by Crippen LogP contribution is 2.33. The van der Waals surface area contributed by atoms with Crippen LogP contribution in [-0.4, -0.2) is 11.5 Å². The average molecular weight is 314 g/mol. The van der Waals surface area contributed by atoms with E-state index in [1.807, 2.05) is 0 Å². The summed E-state index contributed by atoms with van der Waals surface area (Å²) >= 11 is 1.42. The van der Waals surface area contributed by atoms with Gasteiger partial charge in [-0.15, -0.1) is 11.3 Å². The zero-order valence-corrected chi connectivity index (χ0v) is 12.7. The van der Waals surface area contributed by atoms with Gasteiger partial charge in [0, 0.05) is 23.2 Å². The SMILES string of the molecule is CC(C)CNCc1cnc(-c2cccc(C(F)(F)F)c2)s1. The molecule has 0 amide bonds. The van der Waals surface area contributed by atoms with Crippen molar-refractivity contribution in [1.29, 1.82) is 0 Å². The number of nitrogens with one attached hydrogen (secondary N) is 1. The second-order valence-corrected chi connectivity index (χ2v) is 6.35. The molecule has 2 nitrogen and oxygen atoms in total. The molecule has 0 aliphatic rings. The topological polar surface area (TPSA) is 24.9 Å². The molecule has 0 saturated carbocycles. The van der Waals surface area contributed by atoms with Crippen molar-refractivity contribution in [1.82, 2.24) is 10.3 Å². The molecule has 0 saturated heterocycles. The third-order valence-electron chi connectivity index (χ3n) is 2.84. The number of nitrogens with zero attached hydrogens (tertiary/aromatic N) is 1. The molecule has 6 heteroatoms. The van der Waals surface area contributed by atoms with Crippen LogP contribution in [0.25, 0.3) is 10.6 Å². The summed E-state index contributed by atoms with van der Waals surface area (Å²) in [4.78, 5) is 5.24. The molecule has 0 fully saturated rings. The minimum Gasteiger partial charge on any atom is -0.312 e. The Labute approximate surface area is 126 Å². The first-order valence-electron chi connectivity index (χ1n) is 6.69. The first-order valence-corrected chi connectivity index (χ1v) is 7.51. The van der Waals surface area contributed by atoms with E-state index in [2.05, 4.69) is 24.1 Å². The molecule has 0 aliphatic heterocycles. The van der Waals surface area contributed by atoms with Crippen molar-refractivity contribution < 1.29 is 13.2 Å². The van der Waals surface area contributed by atoms with Gasteiger partial charge >= 0.3 is 6.18 Å². The zero-order chi connectivity index (χ0) is 15.5. The van der Waals surface area contributed by atoms with Crippen LogP contribution >= 0.6 is 11.3 Å². The number of alkyl halides is 3. The van der Waals surface area contributed by atoms with Crippen LogP contribution in [0.15, 0.2) is 30.5 Å². The van der Waals surface area contributed by atoms with Gasteiger partial charge in [-0.05, 0) is 24.6 Å². The summed E-state index contributed by atoms with van der Waals surface area (Å²) in [5, 5.41) is 3.91. The Morgan fingerprint density at radius 1 is 1.29 bits per heavy atom. The monoisotopic (exact) mass is 314 g/mol. The highest BCUT2D eigenvalue weighted by Gasteiger charge is 2.30. The number of thiazole rings is 1. The summed E-state index contributed by atoms with van der Waals surface area (Å²) in [5.41, 5.74) is -0.139. The lowest BCUT2D eigenvalue weighted by Gasteiger charge is -2.07. The number of rotatable bonds is 5. The van der Waals surface area contributed by atoms with Crippen molar-refractivity contribution >= 4 is 11.3 Å². The van der Waals surface area contributed by atoms with Gasteiger partial charge in [-0.2, -0.15) is 13.2 Å². The minimum absolute atomic E-state index is 0.505. The molecule has 0 atom stereocenters. The van der Waals surface area contributed by atoms with Crippen molar-refractivity contribution in [2.75, 3.05) is 6.54 Å². The average Bonchev–Trinajstić information content (AvgIpc) is 2.86. The molecule has 21 heavy (non-hydrogen) atoms. The molecular formula is C15H17F3N2S. The van der Waals surface area contributed by atoms with Crippen LogP contribution in [0.5, 0.6) is 0 Å². The molecule has 0 unspecified atom stereocenters. The number of benzene rings is 1. The summed E-state index contributed by atoms with van der Waals surface area (Å²) in [6.45, 7) is 5.83. The molecule has 0 radical (unpaired) electrons. The van der Waals surface area contributed by atoms with Crippen LogP contribution in [0.2, 0.25) is 0 Å². The summed E-state index contributed by atoms with van der Waals surface area (Å²) in [6, 6.07) is 5.28. The lowest BCUT2D eigenvalue weighted by Crippen LogP contribution is -2.18. The van der Waals surface area contributed by atoms with E-state index in [9.17, 15) is 13.2 Å². The molecular weight excluding hydrogens is 297 g/mol. The normalized spacial score (nSPS) is 12.1. The van der Waals surface area contributed by atoms with E-state index in [1.54, 1.807) is 12.3 Å². The van der Waals surface area contributed by atoms with E-state index < -0.39 is 11.7 Å².